The van der Waals surface area contributed by atoms with Crippen molar-refractivity contribution in [3.05, 3.63) is 60.2 Å². The van der Waals surface area contributed by atoms with Crippen LogP contribution >= 0.6 is 15.2 Å². The molecule has 2 aromatic heterocycles. The highest BCUT2D eigenvalue weighted by atomic mass is 31.2. The molecule has 0 amide bonds. The third-order valence-corrected chi connectivity index (χ3v) is 7.53. The van der Waals surface area contributed by atoms with Crippen molar-refractivity contribution in [2.45, 2.75) is 13.1 Å². The van der Waals surface area contributed by atoms with Gasteiger partial charge in [-0.15, -0.1) is 0 Å². The number of fused-ring (bicyclic) bond motifs is 2. The van der Waals surface area contributed by atoms with E-state index in [1.165, 1.54) is 0 Å². The number of para-hydroxylation sites is 4. The van der Waals surface area contributed by atoms with Gasteiger partial charge < -0.3 is 29.5 Å². The maximum absolute atomic E-state index is 12.0. The van der Waals surface area contributed by atoms with E-state index in [1.807, 2.05) is 0 Å². The van der Waals surface area contributed by atoms with Gasteiger partial charge in [0, 0.05) is 0 Å². The molecule has 30 heavy (non-hydrogen) atoms. The Hall–Kier alpha value is -2.65. The molecule has 2 aromatic carbocycles. The van der Waals surface area contributed by atoms with Gasteiger partial charge in [0.2, 0.25) is 13.1 Å². The molecule has 0 unspecified atom stereocenters. The van der Waals surface area contributed by atoms with Crippen LogP contribution in [0.5, 0.6) is 0 Å². The molecule has 0 radical (unpaired) electrons. The Balaban J connectivity index is 1.83. The molecule has 0 saturated heterocycles. The van der Waals surface area contributed by atoms with Crippen LogP contribution in [0.3, 0.4) is 0 Å². The lowest BCUT2D eigenvalue weighted by atomic mass is 10.3. The first kappa shape index (κ1) is 20.6. The Morgan fingerprint density at radius 2 is 1.17 bits per heavy atom. The summed E-state index contributed by atoms with van der Waals surface area (Å²) in [6.45, 7) is -0.561. The van der Waals surface area contributed by atoms with E-state index in [0.717, 1.165) is 4.58 Å². The molecular formula is C17H18N5O6P2+. The smallest absolute Gasteiger partial charge is 0.337 e. The Morgan fingerprint density at radius 3 is 1.53 bits per heavy atom. The molecule has 0 bridgehead atoms. The number of hydrogen-bond acceptors (Lipinski definition) is 4. The summed E-state index contributed by atoms with van der Waals surface area (Å²) in [5, 5.41) is -1.28. The summed E-state index contributed by atoms with van der Waals surface area (Å²) in [7, 11) is -10.6. The van der Waals surface area contributed by atoms with Crippen LogP contribution in [0, 0.1) is 0 Å². The number of nitrogens with zero attached hydrogens (tertiary/aromatic N) is 3. The van der Waals surface area contributed by atoms with Crippen LogP contribution in [-0.4, -0.2) is 49.3 Å². The van der Waals surface area contributed by atoms with E-state index < -0.39 is 20.4 Å². The van der Waals surface area contributed by atoms with E-state index in [2.05, 4.69) is 19.9 Å². The summed E-state index contributed by atoms with van der Waals surface area (Å²) in [6.07, 6.45) is 0. The van der Waals surface area contributed by atoms with Crippen molar-refractivity contribution in [1.29, 1.82) is 0 Å². The van der Waals surface area contributed by atoms with E-state index in [4.69, 9.17) is 0 Å². The monoisotopic (exact) mass is 450 g/mol. The zero-order valence-corrected chi connectivity index (χ0v) is 17.2. The maximum atomic E-state index is 12.0. The average Bonchev–Trinajstić information content (AvgIpc) is 3.21. The van der Waals surface area contributed by atoms with Crippen LogP contribution in [-0.2, 0) is 22.2 Å². The molecule has 156 valence electrons. The summed E-state index contributed by atoms with van der Waals surface area (Å²) in [5.41, 5.74) is 2.60. The van der Waals surface area contributed by atoms with Gasteiger partial charge in [-0.3, -0.25) is 0 Å². The zero-order valence-electron chi connectivity index (χ0n) is 15.4. The average molecular weight is 450 g/mol. The highest BCUT2D eigenvalue weighted by Gasteiger charge is 2.48. The van der Waals surface area contributed by atoms with E-state index in [9.17, 15) is 28.7 Å². The van der Waals surface area contributed by atoms with Gasteiger partial charge in [0.1, 0.15) is 0 Å². The number of nitrogens with one attached hydrogen (secondary N) is 2. The number of aromatic nitrogens is 4. The van der Waals surface area contributed by atoms with Gasteiger partial charge >= 0.3 is 20.4 Å². The third-order valence-electron chi connectivity index (χ3n) is 4.36. The van der Waals surface area contributed by atoms with E-state index in [1.54, 1.807) is 48.5 Å². The van der Waals surface area contributed by atoms with E-state index in [0.29, 0.717) is 22.1 Å². The van der Waals surface area contributed by atoms with Crippen molar-refractivity contribution >= 4 is 42.5 Å². The second-order valence-electron chi connectivity index (χ2n) is 6.65. The minimum Gasteiger partial charge on any atom is -0.337 e. The Labute approximate surface area is 169 Å². The third kappa shape index (κ3) is 4.27. The first-order chi connectivity index (χ1) is 14.1. The lowest BCUT2D eigenvalue weighted by molar-refractivity contribution is -0.558. The van der Waals surface area contributed by atoms with Crippen molar-refractivity contribution in [2.24, 2.45) is 0 Å². The molecule has 0 aliphatic rings. The molecule has 11 nitrogen and oxygen atoms in total. The largest absolute Gasteiger partial charge is 0.427 e. The van der Waals surface area contributed by atoms with Gasteiger partial charge in [0.25, 0.3) is 0 Å². The molecule has 6 N–H and O–H groups in total. The normalized spacial score (nSPS) is 12.5. The predicted molar refractivity (Wildman–Crippen MR) is 109 cm³/mol. The molecule has 2 heterocycles. The zero-order chi connectivity index (χ0) is 21.5. The second kappa shape index (κ2) is 7.55. The molecule has 4 aromatic rings. The molecule has 0 spiro atoms. The van der Waals surface area contributed by atoms with Gasteiger partial charge in [-0.2, -0.15) is 0 Å². The summed E-state index contributed by atoms with van der Waals surface area (Å²) in [4.78, 5) is 53.5. The van der Waals surface area contributed by atoms with Crippen LogP contribution in [0.25, 0.3) is 22.1 Å². The summed E-state index contributed by atoms with van der Waals surface area (Å²) in [6, 6.07) is 14.2. The minimum atomic E-state index is -5.30. The van der Waals surface area contributed by atoms with Crippen LogP contribution in [0.2, 0.25) is 0 Å². The minimum absolute atomic E-state index is 0.280. The van der Waals surface area contributed by atoms with Crippen molar-refractivity contribution in [3.8, 4) is 0 Å². The number of imidazole rings is 2. The molecular weight excluding hydrogens is 432 g/mol. The predicted octanol–water partition coefficient (Wildman–Crippen LogP) is 1.86. The van der Waals surface area contributed by atoms with Crippen LogP contribution in [0.4, 0.5) is 0 Å². The van der Waals surface area contributed by atoms with Gasteiger partial charge in [0.05, 0.1) is 22.1 Å². The van der Waals surface area contributed by atoms with Gasteiger partial charge in [-0.05, 0) is 24.3 Å². The summed E-state index contributed by atoms with van der Waals surface area (Å²) < 4.78 is 24.9. The first-order valence-electron chi connectivity index (χ1n) is 8.72. The molecule has 13 heteroatoms. The van der Waals surface area contributed by atoms with Crippen molar-refractivity contribution in [2.75, 3.05) is 0 Å². The fraction of sp³-hybridized carbons (Fsp3) is 0.118. The fourth-order valence-corrected chi connectivity index (χ4v) is 5.64. The molecule has 0 atom stereocenters. The second-order valence-corrected chi connectivity index (χ2v) is 10.0. The Kier molecular flexibility index (Phi) is 5.19. The highest BCUT2D eigenvalue weighted by Crippen LogP contribution is 2.55. The standard InChI is InChI=1S/C17H17N5O6P2/c23-29(24,25)17(30(26,27)28)22(9-15-18-11-5-1-2-6-12(11)19-15)10-16-20-13-7-3-4-8-14(13)21-16/h1-8H,9-10H2,(H5-,18,19,20,21,23,24,25,26,27,28)/p+1. The van der Waals surface area contributed by atoms with Crippen molar-refractivity contribution in [1.82, 2.24) is 19.9 Å². The van der Waals surface area contributed by atoms with Gasteiger partial charge in [0.15, 0.2) is 11.6 Å². The molecule has 0 aliphatic carbocycles. The fourth-order valence-electron chi connectivity index (χ4n) is 3.26. The van der Waals surface area contributed by atoms with Crippen molar-refractivity contribution < 1.29 is 33.3 Å². The van der Waals surface area contributed by atoms with Gasteiger partial charge in [-0.1, -0.05) is 24.3 Å². The topological polar surface area (TPSA) is 175 Å². The number of aromatic amines is 2. The van der Waals surface area contributed by atoms with Crippen LogP contribution in [0.15, 0.2) is 48.5 Å². The highest BCUT2D eigenvalue weighted by molar-refractivity contribution is 7.96. The van der Waals surface area contributed by atoms with Crippen molar-refractivity contribution in [3.63, 3.8) is 0 Å². The maximum Gasteiger partial charge on any atom is 0.427 e. The number of benzene rings is 2. The summed E-state index contributed by atoms with van der Waals surface area (Å²) in [5.74, 6) is 0.568. The van der Waals surface area contributed by atoms with E-state index >= 15 is 0 Å². The molecule has 0 fully saturated rings. The molecule has 0 saturated carbocycles. The Morgan fingerprint density at radius 1 is 0.767 bits per heavy atom. The lowest BCUT2D eigenvalue weighted by Gasteiger charge is -2.11. The quantitative estimate of drug-likeness (QED) is 0.147. The number of rotatable bonds is 6. The van der Waals surface area contributed by atoms with Crippen LogP contribution in [0.1, 0.15) is 11.6 Å². The number of H-pyrrole nitrogens is 2. The van der Waals surface area contributed by atoms with E-state index in [-0.39, 0.29) is 24.7 Å². The van der Waals surface area contributed by atoms with Gasteiger partial charge in [-0.25, -0.2) is 23.7 Å². The molecule has 4 rings (SSSR count). The van der Waals surface area contributed by atoms with Crippen LogP contribution < -0.4 is 0 Å². The first-order valence-corrected chi connectivity index (χ1v) is 11.9. The molecule has 0 aliphatic heterocycles. The lowest BCUT2D eigenvalue weighted by Crippen LogP contribution is -2.23. The Bertz CT molecular complexity index is 1200. The SMILES string of the molecule is O=P(O)(O)C(=[N+](Cc1nc2ccccc2[nH]1)Cc1nc2ccccc2[nH]1)P(=O)(O)O. The summed E-state index contributed by atoms with van der Waals surface area (Å²) >= 11 is 0. The number of hydrogen-bond donors (Lipinski definition) is 6.